The molecule has 0 unspecified atom stereocenters. The fourth-order valence-corrected chi connectivity index (χ4v) is 3.11. The van der Waals surface area contributed by atoms with E-state index in [0.29, 0.717) is 23.4 Å². The van der Waals surface area contributed by atoms with Crippen LogP contribution in [0.1, 0.15) is 47.1 Å². The first-order chi connectivity index (χ1) is 14.3. The summed E-state index contributed by atoms with van der Waals surface area (Å²) in [5.41, 5.74) is 0.347. The van der Waals surface area contributed by atoms with Crippen molar-refractivity contribution in [2.24, 2.45) is 0 Å². The second-order valence-electron chi connectivity index (χ2n) is 7.14. The number of aromatic nitrogens is 3. The second-order valence-corrected chi connectivity index (χ2v) is 7.14. The Hall–Kier alpha value is -3.17. The molecule has 158 valence electrons. The Bertz CT molecular complexity index is 1040. The average Bonchev–Trinajstić information content (AvgIpc) is 3.25. The van der Waals surface area contributed by atoms with E-state index in [1.165, 1.54) is 35.0 Å². The van der Waals surface area contributed by atoms with Crippen molar-refractivity contribution in [1.29, 1.82) is 0 Å². The van der Waals surface area contributed by atoms with Crippen molar-refractivity contribution in [2.45, 2.75) is 37.9 Å². The quantitative estimate of drug-likeness (QED) is 0.453. The Kier molecular flexibility index (Phi) is 5.31. The summed E-state index contributed by atoms with van der Waals surface area (Å²) in [5.74, 6) is -0.403. The Morgan fingerprint density at radius 3 is 2.60 bits per heavy atom. The van der Waals surface area contributed by atoms with Crippen LogP contribution in [0.4, 0.5) is 17.6 Å². The lowest BCUT2D eigenvalue weighted by atomic mass is 10.1. The predicted molar refractivity (Wildman–Crippen MR) is 98.1 cm³/mol. The van der Waals surface area contributed by atoms with Gasteiger partial charge in [-0.25, -0.2) is 4.39 Å². The molecule has 4 rings (SSSR count). The average molecular weight is 422 g/mol. The molecule has 0 saturated heterocycles. The van der Waals surface area contributed by atoms with Gasteiger partial charge in [0, 0.05) is 36.3 Å². The molecule has 0 atom stereocenters. The molecular weight excluding hydrogens is 404 g/mol. The van der Waals surface area contributed by atoms with Crippen molar-refractivity contribution in [3.8, 4) is 11.3 Å². The summed E-state index contributed by atoms with van der Waals surface area (Å²) in [4.78, 5) is 12.2. The summed E-state index contributed by atoms with van der Waals surface area (Å²) >= 11 is 0. The van der Waals surface area contributed by atoms with Crippen molar-refractivity contribution < 1.29 is 26.9 Å². The molecule has 1 aliphatic carbocycles. The van der Waals surface area contributed by atoms with Crippen LogP contribution in [0.5, 0.6) is 0 Å². The van der Waals surface area contributed by atoms with E-state index in [2.05, 4.69) is 15.6 Å². The van der Waals surface area contributed by atoms with E-state index in [0.717, 1.165) is 18.9 Å². The number of alkyl halides is 3. The largest absolute Gasteiger partial charge is 0.435 e. The summed E-state index contributed by atoms with van der Waals surface area (Å²) in [6.45, 7) is 0.505. The van der Waals surface area contributed by atoms with Gasteiger partial charge in [-0.1, -0.05) is 5.16 Å². The second kappa shape index (κ2) is 7.92. The molecule has 1 N–H and O–H groups in total. The fraction of sp³-hybridized carbons (Fsp3) is 0.350. The molecule has 1 saturated carbocycles. The van der Waals surface area contributed by atoms with Crippen LogP contribution in [0, 0.1) is 5.82 Å². The molecule has 1 aromatic carbocycles. The van der Waals surface area contributed by atoms with E-state index in [9.17, 15) is 22.4 Å². The minimum absolute atomic E-state index is 0.0615. The third-order valence-corrected chi connectivity index (χ3v) is 4.80. The molecule has 2 aromatic heterocycles. The number of nitrogens with one attached hydrogen (secondary N) is 1. The maximum atomic E-state index is 13.0. The van der Waals surface area contributed by atoms with Crippen LogP contribution in [-0.4, -0.2) is 27.4 Å². The minimum atomic E-state index is -4.47. The molecule has 2 heterocycles. The van der Waals surface area contributed by atoms with Gasteiger partial charge in [0.1, 0.15) is 5.82 Å². The third-order valence-electron chi connectivity index (χ3n) is 4.80. The van der Waals surface area contributed by atoms with Gasteiger partial charge in [-0.2, -0.15) is 18.3 Å². The van der Waals surface area contributed by atoms with Gasteiger partial charge in [0.15, 0.2) is 17.1 Å². The molecule has 1 aliphatic rings. The number of hydrogen-bond acceptors (Lipinski definition) is 4. The van der Waals surface area contributed by atoms with E-state index in [-0.39, 0.29) is 30.5 Å². The third kappa shape index (κ3) is 4.52. The van der Waals surface area contributed by atoms with Gasteiger partial charge >= 0.3 is 6.18 Å². The first-order valence-electron chi connectivity index (χ1n) is 9.47. The Morgan fingerprint density at radius 1 is 1.20 bits per heavy atom. The van der Waals surface area contributed by atoms with Crippen LogP contribution >= 0.6 is 0 Å². The van der Waals surface area contributed by atoms with Gasteiger partial charge < -0.3 is 9.84 Å². The molecule has 1 amide bonds. The van der Waals surface area contributed by atoms with Crippen molar-refractivity contribution in [1.82, 2.24) is 20.3 Å². The number of carbonyl (C=O) groups is 1. The summed E-state index contributed by atoms with van der Waals surface area (Å²) in [6.07, 6.45) is -2.34. The molecule has 0 radical (unpaired) electrons. The number of amides is 1. The van der Waals surface area contributed by atoms with E-state index in [1.54, 1.807) is 0 Å². The highest BCUT2D eigenvalue weighted by Crippen LogP contribution is 2.42. The minimum Gasteiger partial charge on any atom is -0.355 e. The molecule has 10 heteroatoms. The van der Waals surface area contributed by atoms with Crippen LogP contribution < -0.4 is 5.32 Å². The number of nitrogens with zero attached hydrogens (tertiary/aromatic N) is 3. The monoisotopic (exact) mass is 422 g/mol. The maximum Gasteiger partial charge on any atom is 0.435 e. The lowest BCUT2D eigenvalue weighted by Crippen LogP contribution is -2.25. The lowest BCUT2D eigenvalue weighted by molar-refractivity contribution is -0.141. The highest BCUT2D eigenvalue weighted by molar-refractivity contribution is 5.93. The summed E-state index contributed by atoms with van der Waals surface area (Å²) in [5, 5.41) is 10.0. The zero-order valence-corrected chi connectivity index (χ0v) is 15.7. The number of carbonyl (C=O) groups excluding carboxylic acids is 1. The van der Waals surface area contributed by atoms with Gasteiger partial charge in [-0.15, -0.1) is 0 Å². The Labute approximate surface area is 168 Å². The van der Waals surface area contributed by atoms with Crippen LogP contribution in [-0.2, 0) is 12.7 Å². The van der Waals surface area contributed by atoms with E-state index in [4.69, 9.17) is 4.52 Å². The molecule has 0 bridgehead atoms. The highest BCUT2D eigenvalue weighted by Gasteiger charge is 2.37. The summed E-state index contributed by atoms with van der Waals surface area (Å²) in [7, 11) is 0. The summed E-state index contributed by atoms with van der Waals surface area (Å²) < 4.78 is 58.3. The van der Waals surface area contributed by atoms with E-state index >= 15 is 0 Å². The molecule has 0 spiro atoms. The molecular formula is C20H18F4N4O2. The first-order valence-corrected chi connectivity index (χ1v) is 9.47. The van der Waals surface area contributed by atoms with E-state index < -0.39 is 17.8 Å². The van der Waals surface area contributed by atoms with Crippen LogP contribution in [0.2, 0.25) is 0 Å². The fourth-order valence-electron chi connectivity index (χ4n) is 3.11. The van der Waals surface area contributed by atoms with Crippen LogP contribution in [0.3, 0.4) is 0 Å². The number of rotatable bonds is 7. The first kappa shape index (κ1) is 20.1. The smallest absolute Gasteiger partial charge is 0.355 e. The number of aryl methyl sites for hydroxylation is 1. The van der Waals surface area contributed by atoms with Gasteiger partial charge in [0.25, 0.3) is 5.91 Å². The topological polar surface area (TPSA) is 73.0 Å². The van der Waals surface area contributed by atoms with E-state index in [1.807, 2.05) is 0 Å². The maximum absolute atomic E-state index is 13.0. The summed E-state index contributed by atoms with van der Waals surface area (Å²) in [6, 6.07) is 8.11. The number of benzene rings is 1. The standard InChI is InChI=1S/C20H18F4N4O2/c21-14-6-4-13(5-7-14)17-10-15(27-30-17)19(29)25-8-1-9-28-16(12-2-3-12)11-18(26-28)20(22,23)24/h4-7,10-12H,1-3,8-9H2,(H,25,29). The van der Waals surface area contributed by atoms with Crippen molar-refractivity contribution >= 4 is 5.91 Å². The van der Waals surface area contributed by atoms with Gasteiger partial charge in [-0.05, 0) is 49.6 Å². The lowest BCUT2D eigenvalue weighted by Gasteiger charge is -2.07. The number of halogens is 4. The van der Waals surface area contributed by atoms with Crippen LogP contribution in [0.25, 0.3) is 11.3 Å². The number of hydrogen-bond donors (Lipinski definition) is 1. The van der Waals surface area contributed by atoms with Crippen molar-refractivity contribution in [3.63, 3.8) is 0 Å². The van der Waals surface area contributed by atoms with Gasteiger partial charge in [0.2, 0.25) is 0 Å². The normalized spacial score (nSPS) is 14.1. The SMILES string of the molecule is O=C(NCCCn1nc(C(F)(F)F)cc1C1CC1)c1cc(-c2ccc(F)cc2)on1. The van der Waals surface area contributed by atoms with Gasteiger partial charge in [-0.3, -0.25) is 9.48 Å². The van der Waals surface area contributed by atoms with Crippen LogP contribution in [0.15, 0.2) is 40.9 Å². The zero-order chi connectivity index (χ0) is 21.3. The molecule has 6 nitrogen and oxygen atoms in total. The molecule has 0 aliphatic heterocycles. The highest BCUT2D eigenvalue weighted by atomic mass is 19.4. The zero-order valence-electron chi connectivity index (χ0n) is 15.7. The van der Waals surface area contributed by atoms with Gasteiger partial charge in [0.05, 0.1) is 0 Å². The molecule has 1 fully saturated rings. The molecule has 3 aromatic rings. The predicted octanol–water partition coefficient (Wildman–Crippen LogP) is 4.39. The van der Waals surface area contributed by atoms with Crippen molar-refractivity contribution in [2.75, 3.05) is 6.54 Å². The van der Waals surface area contributed by atoms with Crippen molar-refractivity contribution in [3.05, 3.63) is 59.3 Å². The Morgan fingerprint density at radius 2 is 1.93 bits per heavy atom. The Balaban J connectivity index is 1.31. The molecule has 30 heavy (non-hydrogen) atoms.